The van der Waals surface area contributed by atoms with E-state index in [-0.39, 0.29) is 0 Å². The van der Waals surface area contributed by atoms with Crippen molar-refractivity contribution in [3.8, 4) is 0 Å². The normalized spacial score (nSPS) is 14.7. The molecule has 0 saturated carbocycles. The van der Waals surface area contributed by atoms with Crippen LogP contribution in [0.3, 0.4) is 0 Å². The third-order valence-electron chi connectivity index (χ3n) is 2.82. The molecular formula is C14H23N. The molecule has 1 nitrogen and oxygen atoms in total. The zero-order valence-electron chi connectivity index (χ0n) is 10.3. The van der Waals surface area contributed by atoms with Crippen LogP contribution in [0.25, 0.3) is 0 Å². The summed E-state index contributed by atoms with van der Waals surface area (Å²) in [5.74, 6) is 0. The Hall–Kier alpha value is -0.980. The van der Waals surface area contributed by atoms with E-state index in [0.717, 1.165) is 6.42 Å². The van der Waals surface area contributed by atoms with Crippen molar-refractivity contribution in [2.75, 3.05) is 18.0 Å². The molecule has 1 fully saturated rings. The van der Waals surface area contributed by atoms with Crippen LogP contribution in [0.15, 0.2) is 24.3 Å². The molecule has 0 bridgehead atoms. The molecule has 0 unspecified atom stereocenters. The van der Waals surface area contributed by atoms with E-state index in [1.54, 1.807) is 0 Å². The summed E-state index contributed by atoms with van der Waals surface area (Å²) in [4.78, 5) is 2.51. The van der Waals surface area contributed by atoms with Crippen LogP contribution < -0.4 is 4.90 Å². The van der Waals surface area contributed by atoms with Gasteiger partial charge >= 0.3 is 0 Å². The SMILES string of the molecule is CC.CCc1ccccc1N1CCCC1. The molecule has 15 heavy (non-hydrogen) atoms. The summed E-state index contributed by atoms with van der Waals surface area (Å²) >= 11 is 0. The topological polar surface area (TPSA) is 3.24 Å². The Morgan fingerprint density at radius 2 is 1.67 bits per heavy atom. The number of anilines is 1. The molecule has 84 valence electrons. The molecule has 1 heteroatoms. The molecule has 0 aromatic heterocycles. The van der Waals surface area contributed by atoms with Crippen LogP contribution in [0, 0.1) is 0 Å². The Balaban J connectivity index is 0.000000531. The largest absolute Gasteiger partial charge is 0.371 e. The standard InChI is InChI=1S/C12H17N.C2H6/c1-2-11-7-3-4-8-12(11)13-9-5-6-10-13;1-2/h3-4,7-8H,2,5-6,9-10H2,1H3;1-2H3. The Morgan fingerprint density at radius 3 is 2.27 bits per heavy atom. The lowest BCUT2D eigenvalue weighted by atomic mass is 10.1. The fourth-order valence-electron chi connectivity index (χ4n) is 2.08. The molecule has 1 aromatic carbocycles. The zero-order chi connectivity index (χ0) is 11.1. The maximum Gasteiger partial charge on any atom is 0.0398 e. The first kappa shape index (κ1) is 12.1. The van der Waals surface area contributed by atoms with Gasteiger partial charge in [0.25, 0.3) is 0 Å². The summed E-state index contributed by atoms with van der Waals surface area (Å²) in [6.45, 7) is 8.73. The maximum absolute atomic E-state index is 2.51. The van der Waals surface area contributed by atoms with E-state index in [0.29, 0.717) is 0 Å². The Labute approximate surface area is 94.1 Å². The van der Waals surface area contributed by atoms with Gasteiger partial charge in [-0.2, -0.15) is 0 Å². The van der Waals surface area contributed by atoms with E-state index in [1.807, 2.05) is 13.8 Å². The Bertz CT molecular complexity index is 274. The number of hydrogen-bond acceptors (Lipinski definition) is 1. The van der Waals surface area contributed by atoms with Gasteiger partial charge in [-0.3, -0.25) is 0 Å². The molecule has 0 aliphatic carbocycles. The first-order valence-electron chi connectivity index (χ1n) is 6.24. The van der Waals surface area contributed by atoms with Gasteiger partial charge in [0, 0.05) is 18.8 Å². The van der Waals surface area contributed by atoms with Crippen LogP contribution in [0.2, 0.25) is 0 Å². The highest BCUT2D eigenvalue weighted by atomic mass is 15.1. The second-order valence-electron chi connectivity index (χ2n) is 3.68. The van der Waals surface area contributed by atoms with Crippen LogP contribution in [0.1, 0.15) is 39.2 Å². The maximum atomic E-state index is 2.51. The van der Waals surface area contributed by atoms with Crippen LogP contribution in [-0.4, -0.2) is 13.1 Å². The lowest BCUT2D eigenvalue weighted by molar-refractivity contribution is 0.948. The van der Waals surface area contributed by atoms with Crippen molar-refractivity contribution in [3.05, 3.63) is 29.8 Å². The minimum Gasteiger partial charge on any atom is -0.371 e. The lowest BCUT2D eigenvalue weighted by Gasteiger charge is -2.20. The van der Waals surface area contributed by atoms with Gasteiger partial charge in [0.1, 0.15) is 0 Å². The number of rotatable bonds is 2. The van der Waals surface area contributed by atoms with Crippen molar-refractivity contribution in [2.24, 2.45) is 0 Å². The molecular weight excluding hydrogens is 182 g/mol. The van der Waals surface area contributed by atoms with Crippen molar-refractivity contribution in [1.82, 2.24) is 0 Å². The summed E-state index contributed by atoms with van der Waals surface area (Å²) in [6, 6.07) is 8.78. The molecule has 1 heterocycles. The number of hydrogen-bond donors (Lipinski definition) is 0. The fourth-order valence-corrected chi connectivity index (χ4v) is 2.08. The third kappa shape index (κ3) is 2.98. The summed E-state index contributed by atoms with van der Waals surface area (Å²) in [7, 11) is 0. The van der Waals surface area contributed by atoms with Crippen LogP contribution >= 0.6 is 0 Å². The third-order valence-corrected chi connectivity index (χ3v) is 2.82. The summed E-state index contributed by atoms with van der Waals surface area (Å²) < 4.78 is 0. The van der Waals surface area contributed by atoms with Gasteiger partial charge in [0.2, 0.25) is 0 Å². The average Bonchev–Trinajstić information content (AvgIpc) is 2.85. The minimum absolute atomic E-state index is 1.15. The molecule has 0 spiro atoms. The average molecular weight is 205 g/mol. The number of para-hydroxylation sites is 1. The van der Waals surface area contributed by atoms with Crippen LogP contribution in [0.5, 0.6) is 0 Å². The molecule has 0 N–H and O–H groups in total. The van der Waals surface area contributed by atoms with Crippen LogP contribution in [0.4, 0.5) is 5.69 Å². The molecule has 0 radical (unpaired) electrons. The first-order valence-corrected chi connectivity index (χ1v) is 6.24. The van der Waals surface area contributed by atoms with E-state index < -0.39 is 0 Å². The second-order valence-corrected chi connectivity index (χ2v) is 3.68. The number of aryl methyl sites for hydroxylation is 1. The van der Waals surface area contributed by atoms with Crippen molar-refractivity contribution in [2.45, 2.75) is 40.0 Å². The van der Waals surface area contributed by atoms with Gasteiger partial charge in [0.15, 0.2) is 0 Å². The van der Waals surface area contributed by atoms with Crippen molar-refractivity contribution in [3.63, 3.8) is 0 Å². The van der Waals surface area contributed by atoms with Gasteiger partial charge in [0.05, 0.1) is 0 Å². The Kier molecular flexibility index (Phi) is 5.23. The van der Waals surface area contributed by atoms with E-state index >= 15 is 0 Å². The summed E-state index contributed by atoms with van der Waals surface area (Å²) in [6.07, 6.45) is 3.86. The van der Waals surface area contributed by atoms with Crippen molar-refractivity contribution < 1.29 is 0 Å². The van der Waals surface area contributed by atoms with Gasteiger partial charge in [-0.1, -0.05) is 39.0 Å². The van der Waals surface area contributed by atoms with Gasteiger partial charge in [-0.15, -0.1) is 0 Å². The molecule has 1 aliphatic heterocycles. The molecule has 1 aliphatic rings. The van der Waals surface area contributed by atoms with E-state index in [2.05, 4.69) is 36.1 Å². The minimum atomic E-state index is 1.15. The van der Waals surface area contributed by atoms with E-state index in [4.69, 9.17) is 0 Å². The van der Waals surface area contributed by atoms with Gasteiger partial charge in [-0.05, 0) is 30.9 Å². The van der Waals surface area contributed by atoms with Gasteiger partial charge in [-0.25, -0.2) is 0 Å². The highest BCUT2D eigenvalue weighted by molar-refractivity contribution is 5.54. The second kappa shape index (κ2) is 6.49. The zero-order valence-corrected chi connectivity index (χ0v) is 10.3. The highest BCUT2D eigenvalue weighted by Gasteiger charge is 2.13. The van der Waals surface area contributed by atoms with Gasteiger partial charge < -0.3 is 4.90 Å². The molecule has 2 rings (SSSR count). The fraction of sp³-hybridized carbons (Fsp3) is 0.571. The smallest absolute Gasteiger partial charge is 0.0398 e. The monoisotopic (exact) mass is 205 g/mol. The molecule has 0 amide bonds. The predicted octanol–water partition coefficient (Wildman–Crippen LogP) is 3.88. The van der Waals surface area contributed by atoms with E-state index in [1.165, 1.54) is 37.2 Å². The highest BCUT2D eigenvalue weighted by Crippen LogP contribution is 2.24. The molecule has 0 atom stereocenters. The molecule has 1 aromatic rings. The molecule has 1 saturated heterocycles. The summed E-state index contributed by atoms with van der Waals surface area (Å²) in [5, 5.41) is 0. The predicted molar refractivity (Wildman–Crippen MR) is 68.6 cm³/mol. The summed E-state index contributed by atoms with van der Waals surface area (Å²) in [5.41, 5.74) is 2.95. The Morgan fingerprint density at radius 1 is 1.07 bits per heavy atom. The quantitative estimate of drug-likeness (QED) is 0.708. The lowest BCUT2D eigenvalue weighted by Crippen LogP contribution is -2.18. The number of benzene rings is 1. The number of nitrogens with zero attached hydrogens (tertiary/aromatic N) is 1. The van der Waals surface area contributed by atoms with Crippen LogP contribution in [-0.2, 0) is 6.42 Å². The van der Waals surface area contributed by atoms with Crippen molar-refractivity contribution in [1.29, 1.82) is 0 Å². The first-order chi connectivity index (χ1) is 7.42. The van der Waals surface area contributed by atoms with Crippen molar-refractivity contribution >= 4 is 5.69 Å². The van der Waals surface area contributed by atoms with E-state index in [9.17, 15) is 0 Å².